The molecule has 3 rings (SSSR count). The Hall–Kier alpha value is -1.19. The maximum Gasteiger partial charge on any atom is 0.245 e. The summed E-state index contributed by atoms with van der Waals surface area (Å²) in [5.74, 6) is -2.08. The fourth-order valence-corrected chi connectivity index (χ4v) is 6.83. The van der Waals surface area contributed by atoms with Crippen molar-refractivity contribution in [2.75, 3.05) is 19.7 Å². The summed E-state index contributed by atoms with van der Waals surface area (Å²) < 4.78 is 6.47. The van der Waals surface area contributed by atoms with Crippen LogP contribution in [-0.2, 0) is 19.1 Å². The van der Waals surface area contributed by atoms with Crippen molar-refractivity contribution in [3.8, 4) is 0 Å². The molecule has 0 radical (unpaired) electrons. The van der Waals surface area contributed by atoms with E-state index < -0.39 is 35.6 Å². The Bertz CT molecular complexity index is 737. The second-order valence-corrected chi connectivity index (χ2v) is 11.0. The molecule has 3 heterocycles. The lowest BCUT2D eigenvalue weighted by Gasteiger charge is -2.38. The molecule has 0 aliphatic carbocycles. The molecule has 9 heteroatoms. The van der Waals surface area contributed by atoms with E-state index in [0.717, 1.165) is 32.1 Å². The van der Waals surface area contributed by atoms with Crippen LogP contribution < -0.4 is 10.6 Å². The van der Waals surface area contributed by atoms with E-state index in [0.29, 0.717) is 19.5 Å². The molecule has 33 heavy (non-hydrogen) atoms. The number of rotatable bonds is 12. The molecular weight excluding hydrogens is 490 g/mol. The highest BCUT2D eigenvalue weighted by Crippen LogP contribution is 2.60. The van der Waals surface area contributed by atoms with Crippen molar-refractivity contribution in [2.24, 2.45) is 17.8 Å². The molecule has 8 nitrogen and oxygen atoms in total. The minimum absolute atomic E-state index is 0.00565. The topological polar surface area (TPSA) is 108 Å². The molecule has 3 saturated heterocycles. The Morgan fingerprint density at radius 1 is 1.18 bits per heavy atom. The van der Waals surface area contributed by atoms with Gasteiger partial charge < -0.3 is 25.4 Å². The van der Waals surface area contributed by atoms with Gasteiger partial charge in [0.25, 0.3) is 0 Å². The first-order valence-electron chi connectivity index (χ1n) is 12.6. The Kier molecular flexibility index (Phi) is 8.83. The SMILES string of the molecule is CCCCCNC(=O)C1N([C@@H](CO)[C@@H](C)CC)C(=O)[C@@H]2[C@H](C(=O)NCCC)[C@H]3OC12CC3Br. The van der Waals surface area contributed by atoms with Crippen molar-refractivity contribution >= 4 is 33.7 Å². The molecule has 188 valence electrons. The summed E-state index contributed by atoms with van der Waals surface area (Å²) in [6, 6.07) is -1.37. The zero-order valence-electron chi connectivity index (χ0n) is 20.3. The summed E-state index contributed by atoms with van der Waals surface area (Å²) in [5, 5.41) is 16.2. The Morgan fingerprint density at radius 2 is 1.88 bits per heavy atom. The normalized spacial score (nSPS) is 34.3. The second-order valence-electron chi connectivity index (χ2n) is 9.83. The summed E-state index contributed by atoms with van der Waals surface area (Å²) >= 11 is 3.67. The van der Waals surface area contributed by atoms with Gasteiger partial charge in [-0.15, -0.1) is 0 Å². The number of aliphatic hydroxyl groups excluding tert-OH is 1. The number of nitrogens with one attached hydrogen (secondary N) is 2. The largest absolute Gasteiger partial charge is 0.394 e. The van der Waals surface area contributed by atoms with Gasteiger partial charge in [-0.05, 0) is 25.2 Å². The molecule has 3 N–H and O–H groups in total. The van der Waals surface area contributed by atoms with Crippen LogP contribution in [0.4, 0.5) is 0 Å². The third kappa shape index (κ3) is 4.57. The highest BCUT2D eigenvalue weighted by molar-refractivity contribution is 9.09. The maximum absolute atomic E-state index is 13.9. The summed E-state index contributed by atoms with van der Waals surface area (Å²) in [6.45, 7) is 8.88. The molecule has 1 spiro atoms. The molecule has 0 aromatic rings. The van der Waals surface area contributed by atoms with Crippen molar-refractivity contribution < 1.29 is 24.2 Å². The van der Waals surface area contributed by atoms with Gasteiger partial charge in [0.2, 0.25) is 17.7 Å². The average Bonchev–Trinajstić information content (AvgIpc) is 3.39. The molecule has 3 amide bonds. The van der Waals surface area contributed by atoms with Gasteiger partial charge in [-0.3, -0.25) is 14.4 Å². The average molecular weight is 531 g/mol. The number of hydrogen-bond acceptors (Lipinski definition) is 5. The number of aliphatic hydroxyl groups is 1. The summed E-state index contributed by atoms with van der Waals surface area (Å²) in [7, 11) is 0. The van der Waals surface area contributed by atoms with E-state index in [9.17, 15) is 19.5 Å². The zero-order chi connectivity index (χ0) is 24.3. The first kappa shape index (κ1) is 26.4. The highest BCUT2D eigenvalue weighted by Gasteiger charge is 2.77. The predicted octanol–water partition coefficient (Wildman–Crippen LogP) is 1.97. The zero-order valence-corrected chi connectivity index (χ0v) is 21.9. The number of ether oxygens (including phenoxy) is 1. The highest BCUT2D eigenvalue weighted by atomic mass is 79.9. The van der Waals surface area contributed by atoms with Crippen LogP contribution in [0.1, 0.15) is 66.2 Å². The van der Waals surface area contributed by atoms with Crippen molar-refractivity contribution in [3.63, 3.8) is 0 Å². The lowest BCUT2D eigenvalue weighted by molar-refractivity contribution is -0.147. The summed E-state index contributed by atoms with van der Waals surface area (Å²) in [4.78, 5) is 42.1. The van der Waals surface area contributed by atoms with Gasteiger partial charge in [-0.1, -0.05) is 62.9 Å². The molecule has 8 atom stereocenters. The molecule has 3 aliphatic rings. The number of fused-ring (bicyclic) bond motifs is 1. The fourth-order valence-electron chi connectivity index (χ4n) is 5.89. The lowest BCUT2D eigenvalue weighted by Crippen LogP contribution is -2.59. The van der Waals surface area contributed by atoms with Crippen molar-refractivity contribution in [3.05, 3.63) is 0 Å². The summed E-state index contributed by atoms with van der Waals surface area (Å²) in [5.41, 5.74) is -1.07. The van der Waals surface area contributed by atoms with E-state index >= 15 is 0 Å². The molecule has 2 bridgehead atoms. The minimum Gasteiger partial charge on any atom is -0.394 e. The number of amides is 3. The maximum atomic E-state index is 13.9. The van der Waals surface area contributed by atoms with Crippen LogP contribution in [0.5, 0.6) is 0 Å². The van der Waals surface area contributed by atoms with Gasteiger partial charge in [-0.25, -0.2) is 0 Å². The van der Waals surface area contributed by atoms with Crippen LogP contribution in [0, 0.1) is 17.8 Å². The first-order valence-corrected chi connectivity index (χ1v) is 13.5. The van der Waals surface area contributed by atoms with Crippen molar-refractivity contribution in [2.45, 2.75) is 94.8 Å². The number of unbranched alkanes of at least 4 members (excludes halogenated alkanes) is 2. The van der Waals surface area contributed by atoms with E-state index in [2.05, 4.69) is 33.5 Å². The lowest BCUT2D eigenvalue weighted by atomic mass is 9.70. The van der Waals surface area contributed by atoms with Gasteiger partial charge >= 0.3 is 0 Å². The molecule has 0 saturated carbocycles. The van der Waals surface area contributed by atoms with E-state index in [1.165, 1.54) is 0 Å². The minimum atomic E-state index is -1.07. The third-order valence-corrected chi connectivity index (χ3v) is 8.60. The van der Waals surface area contributed by atoms with E-state index in [1.807, 2.05) is 20.8 Å². The summed E-state index contributed by atoms with van der Waals surface area (Å²) in [6.07, 6.45) is 4.48. The third-order valence-electron chi connectivity index (χ3n) is 7.75. The van der Waals surface area contributed by atoms with Crippen LogP contribution in [0.2, 0.25) is 0 Å². The van der Waals surface area contributed by atoms with Gasteiger partial charge in [-0.2, -0.15) is 0 Å². The smallest absolute Gasteiger partial charge is 0.245 e. The van der Waals surface area contributed by atoms with Gasteiger partial charge in [0.05, 0.1) is 30.6 Å². The number of alkyl halides is 1. The van der Waals surface area contributed by atoms with Crippen molar-refractivity contribution in [1.29, 1.82) is 0 Å². The molecule has 3 unspecified atom stereocenters. The van der Waals surface area contributed by atoms with E-state index in [1.54, 1.807) is 4.90 Å². The van der Waals surface area contributed by atoms with E-state index in [-0.39, 0.29) is 35.1 Å². The van der Waals surface area contributed by atoms with Gasteiger partial charge in [0, 0.05) is 17.9 Å². The number of hydrogen-bond donors (Lipinski definition) is 3. The number of carbonyl (C=O) groups is 3. The monoisotopic (exact) mass is 529 g/mol. The number of halogens is 1. The number of carbonyl (C=O) groups excluding carboxylic acids is 3. The Balaban J connectivity index is 1.99. The van der Waals surface area contributed by atoms with Crippen LogP contribution >= 0.6 is 15.9 Å². The number of likely N-dealkylation sites (tertiary alicyclic amines) is 1. The van der Waals surface area contributed by atoms with Crippen LogP contribution in [0.15, 0.2) is 0 Å². The van der Waals surface area contributed by atoms with Crippen LogP contribution in [0.25, 0.3) is 0 Å². The quantitative estimate of drug-likeness (QED) is 0.264. The standard InChI is InChI=1S/C24H40BrN3O5/c1-5-8-9-11-27-22(31)20-24-12-15(25)19(33-24)17(21(30)26-10-6-2)18(24)23(32)28(20)16(13-29)14(4)7-3/h14-20,29H,5-13H2,1-4H3,(H,26,30)(H,27,31)/t14-,15?,16-,17-,18-,19-,20?,24?/m0/s1. The second kappa shape index (κ2) is 11.0. The fraction of sp³-hybridized carbons (Fsp3) is 0.875. The molecule has 3 aliphatic heterocycles. The van der Waals surface area contributed by atoms with E-state index in [4.69, 9.17) is 4.74 Å². The Labute approximate surface area is 205 Å². The van der Waals surface area contributed by atoms with Crippen LogP contribution in [-0.4, -0.2) is 76.0 Å². The van der Waals surface area contributed by atoms with Crippen molar-refractivity contribution in [1.82, 2.24) is 15.5 Å². The Morgan fingerprint density at radius 3 is 2.48 bits per heavy atom. The molecule has 3 fully saturated rings. The molecule has 0 aromatic carbocycles. The molecular formula is C24H40BrN3O5. The van der Waals surface area contributed by atoms with Gasteiger partial charge in [0.15, 0.2) is 0 Å². The molecule has 0 aromatic heterocycles. The number of nitrogens with zero attached hydrogens (tertiary/aromatic N) is 1. The van der Waals surface area contributed by atoms with Gasteiger partial charge in [0.1, 0.15) is 11.6 Å². The predicted molar refractivity (Wildman–Crippen MR) is 129 cm³/mol. The first-order chi connectivity index (χ1) is 15.8. The van der Waals surface area contributed by atoms with Crippen LogP contribution in [0.3, 0.4) is 0 Å².